The first-order valence-corrected chi connectivity index (χ1v) is 5.85. The standard InChI is InChI=1S/C12H11ClN2O2/c1-17-12(16)9-4-2-3-8-10(13)14-11(15(8)9)7-5-6-7/h2-4,7H,5-6H2,1H3. The lowest BCUT2D eigenvalue weighted by Gasteiger charge is -2.05. The van der Waals surface area contributed by atoms with Gasteiger partial charge in [0.15, 0.2) is 5.15 Å². The smallest absolute Gasteiger partial charge is 0.355 e. The minimum atomic E-state index is -0.369. The number of esters is 1. The van der Waals surface area contributed by atoms with Crippen LogP contribution in [0.2, 0.25) is 5.15 Å². The van der Waals surface area contributed by atoms with Crippen LogP contribution in [0.25, 0.3) is 5.52 Å². The quantitative estimate of drug-likeness (QED) is 0.770. The first kappa shape index (κ1) is 10.6. The van der Waals surface area contributed by atoms with E-state index in [0.29, 0.717) is 16.8 Å². The number of carbonyl (C=O) groups is 1. The fourth-order valence-electron chi connectivity index (χ4n) is 2.00. The van der Waals surface area contributed by atoms with Crippen LogP contribution in [0.4, 0.5) is 0 Å². The van der Waals surface area contributed by atoms with Crippen LogP contribution in [0.15, 0.2) is 18.2 Å². The Morgan fingerprint density at radius 1 is 1.53 bits per heavy atom. The predicted octanol–water partition coefficient (Wildman–Crippen LogP) is 2.65. The van der Waals surface area contributed by atoms with Gasteiger partial charge in [0, 0.05) is 5.92 Å². The van der Waals surface area contributed by atoms with Crippen molar-refractivity contribution < 1.29 is 9.53 Å². The van der Waals surface area contributed by atoms with Crippen molar-refractivity contribution in [1.29, 1.82) is 0 Å². The highest BCUT2D eigenvalue weighted by Gasteiger charge is 2.30. The maximum absolute atomic E-state index is 11.7. The summed E-state index contributed by atoms with van der Waals surface area (Å²) in [6.45, 7) is 0. The molecule has 0 aromatic carbocycles. The van der Waals surface area contributed by atoms with Crippen LogP contribution >= 0.6 is 11.6 Å². The van der Waals surface area contributed by atoms with E-state index < -0.39 is 0 Å². The molecule has 0 saturated heterocycles. The van der Waals surface area contributed by atoms with Gasteiger partial charge in [0.05, 0.1) is 12.6 Å². The zero-order valence-electron chi connectivity index (χ0n) is 9.31. The van der Waals surface area contributed by atoms with E-state index in [1.807, 2.05) is 10.5 Å². The van der Waals surface area contributed by atoms with Gasteiger partial charge in [0.25, 0.3) is 0 Å². The lowest BCUT2D eigenvalue weighted by Crippen LogP contribution is -2.09. The summed E-state index contributed by atoms with van der Waals surface area (Å²) in [7, 11) is 1.37. The number of nitrogens with zero attached hydrogens (tertiary/aromatic N) is 2. The van der Waals surface area contributed by atoms with Crippen molar-refractivity contribution in [2.45, 2.75) is 18.8 Å². The zero-order valence-corrected chi connectivity index (χ0v) is 10.1. The van der Waals surface area contributed by atoms with Crippen molar-refractivity contribution in [1.82, 2.24) is 9.38 Å². The van der Waals surface area contributed by atoms with Gasteiger partial charge in [-0.15, -0.1) is 0 Å². The normalized spacial score (nSPS) is 15.2. The van der Waals surface area contributed by atoms with Crippen molar-refractivity contribution in [2.24, 2.45) is 0 Å². The molecule has 5 heteroatoms. The summed E-state index contributed by atoms with van der Waals surface area (Å²) in [5.41, 5.74) is 1.24. The second-order valence-corrected chi connectivity index (χ2v) is 4.52. The van der Waals surface area contributed by atoms with E-state index in [1.165, 1.54) is 7.11 Å². The van der Waals surface area contributed by atoms with Gasteiger partial charge in [-0.2, -0.15) is 0 Å². The topological polar surface area (TPSA) is 43.6 Å². The molecule has 1 saturated carbocycles. The Bertz CT molecular complexity index is 602. The number of pyridine rings is 1. The monoisotopic (exact) mass is 250 g/mol. The molecular weight excluding hydrogens is 240 g/mol. The number of imidazole rings is 1. The summed E-state index contributed by atoms with van der Waals surface area (Å²) >= 11 is 6.09. The number of fused-ring (bicyclic) bond motifs is 1. The van der Waals surface area contributed by atoms with Crippen LogP contribution in [-0.4, -0.2) is 22.5 Å². The SMILES string of the molecule is COC(=O)c1cccc2c(Cl)nc(C3CC3)n12. The molecule has 4 nitrogen and oxygen atoms in total. The first-order chi connectivity index (χ1) is 8.22. The number of carbonyl (C=O) groups excluding carboxylic acids is 1. The largest absolute Gasteiger partial charge is 0.464 e. The third-order valence-corrected chi connectivity index (χ3v) is 3.26. The second kappa shape index (κ2) is 3.74. The number of halogens is 1. The van der Waals surface area contributed by atoms with E-state index in [-0.39, 0.29) is 5.97 Å². The van der Waals surface area contributed by atoms with E-state index in [9.17, 15) is 4.79 Å². The summed E-state index contributed by atoms with van der Waals surface area (Å²) in [5.74, 6) is 0.915. The summed E-state index contributed by atoms with van der Waals surface area (Å²) in [6, 6.07) is 5.36. The van der Waals surface area contributed by atoms with Gasteiger partial charge in [-0.3, -0.25) is 4.40 Å². The number of aromatic nitrogens is 2. The summed E-state index contributed by atoms with van der Waals surface area (Å²) in [6.07, 6.45) is 2.20. The summed E-state index contributed by atoms with van der Waals surface area (Å²) in [5, 5.41) is 0.442. The molecule has 2 aromatic rings. The molecule has 2 heterocycles. The maximum Gasteiger partial charge on any atom is 0.355 e. The van der Waals surface area contributed by atoms with Crippen molar-refractivity contribution in [3.63, 3.8) is 0 Å². The molecule has 3 rings (SSSR count). The number of ether oxygens (including phenoxy) is 1. The summed E-state index contributed by atoms with van der Waals surface area (Å²) < 4.78 is 6.59. The van der Waals surface area contributed by atoms with E-state index in [0.717, 1.165) is 24.2 Å². The van der Waals surface area contributed by atoms with Gasteiger partial charge in [0.2, 0.25) is 0 Å². The van der Waals surface area contributed by atoms with Crippen LogP contribution < -0.4 is 0 Å². The number of methoxy groups -OCH3 is 1. The second-order valence-electron chi connectivity index (χ2n) is 4.16. The molecule has 0 atom stereocenters. The molecule has 88 valence electrons. The van der Waals surface area contributed by atoms with Crippen LogP contribution in [-0.2, 0) is 4.74 Å². The molecule has 0 unspecified atom stereocenters. The van der Waals surface area contributed by atoms with Crippen molar-refractivity contribution in [3.05, 3.63) is 34.9 Å². The molecule has 0 radical (unpaired) electrons. The molecule has 1 fully saturated rings. The lowest BCUT2D eigenvalue weighted by atomic mass is 10.3. The van der Waals surface area contributed by atoms with Crippen LogP contribution in [0, 0.1) is 0 Å². The first-order valence-electron chi connectivity index (χ1n) is 5.47. The number of rotatable bonds is 2. The highest BCUT2D eigenvalue weighted by molar-refractivity contribution is 6.32. The highest BCUT2D eigenvalue weighted by Crippen LogP contribution is 2.41. The fraction of sp³-hybridized carbons (Fsp3) is 0.333. The number of hydrogen-bond donors (Lipinski definition) is 0. The van der Waals surface area contributed by atoms with Crippen molar-refractivity contribution >= 4 is 23.1 Å². The average Bonchev–Trinajstić information content (AvgIpc) is 3.14. The Hall–Kier alpha value is -1.55. The Balaban J connectivity index is 2.31. The lowest BCUT2D eigenvalue weighted by molar-refractivity contribution is 0.0592. The van der Waals surface area contributed by atoms with Gasteiger partial charge < -0.3 is 4.74 Å². The van der Waals surface area contributed by atoms with E-state index >= 15 is 0 Å². The van der Waals surface area contributed by atoms with Crippen LogP contribution in [0.3, 0.4) is 0 Å². The Labute approximate surface area is 103 Å². The Morgan fingerprint density at radius 3 is 2.94 bits per heavy atom. The Morgan fingerprint density at radius 2 is 2.29 bits per heavy atom. The van der Waals surface area contributed by atoms with Gasteiger partial charge >= 0.3 is 5.97 Å². The molecule has 0 aliphatic heterocycles. The molecule has 17 heavy (non-hydrogen) atoms. The fourth-order valence-corrected chi connectivity index (χ4v) is 2.24. The van der Waals surface area contributed by atoms with Crippen molar-refractivity contribution in [3.8, 4) is 0 Å². The third kappa shape index (κ3) is 1.60. The zero-order chi connectivity index (χ0) is 12.0. The molecule has 0 spiro atoms. The molecular formula is C12H11ClN2O2. The molecule has 1 aliphatic carbocycles. The molecule has 2 aromatic heterocycles. The maximum atomic E-state index is 11.7. The van der Waals surface area contributed by atoms with Crippen molar-refractivity contribution in [2.75, 3.05) is 7.11 Å². The molecule has 1 aliphatic rings. The van der Waals surface area contributed by atoms with Crippen LogP contribution in [0.1, 0.15) is 35.1 Å². The number of hydrogen-bond acceptors (Lipinski definition) is 3. The Kier molecular flexibility index (Phi) is 2.33. The van der Waals surface area contributed by atoms with Gasteiger partial charge in [-0.1, -0.05) is 17.7 Å². The van der Waals surface area contributed by atoms with Gasteiger partial charge in [-0.05, 0) is 25.0 Å². The van der Waals surface area contributed by atoms with E-state index in [1.54, 1.807) is 12.1 Å². The highest BCUT2D eigenvalue weighted by atomic mass is 35.5. The predicted molar refractivity (Wildman–Crippen MR) is 63.5 cm³/mol. The minimum Gasteiger partial charge on any atom is -0.464 e. The minimum absolute atomic E-state index is 0.369. The average molecular weight is 251 g/mol. The third-order valence-electron chi connectivity index (χ3n) is 2.98. The van der Waals surface area contributed by atoms with Crippen LogP contribution in [0.5, 0.6) is 0 Å². The van der Waals surface area contributed by atoms with E-state index in [2.05, 4.69) is 4.98 Å². The summed E-state index contributed by atoms with van der Waals surface area (Å²) in [4.78, 5) is 16.1. The molecule has 0 amide bonds. The molecule has 0 N–H and O–H groups in total. The van der Waals surface area contributed by atoms with Gasteiger partial charge in [0.1, 0.15) is 11.5 Å². The van der Waals surface area contributed by atoms with Gasteiger partial charge in [-0.25, -0.2) is 9.78 Å². The molecule has 0 bridgehead atoms. The van der Waals surface area contributed by atoms with E-state index in [4.69, 9.17) is 16.3 Å².